The van der Waals surface area contributed by atoms with Crippen molar-refractivity contribution in [1.29, 1.82) is 5.26 Å². The lowest BCUT2D eigenvalue weighted by Gasteiger charge is -2.13. The van der Waals surface area contributed by atoms with E-state index in [1.165, 1.54) is 0 Å². The summed E-state index contributed by atoms with van der Waals surface area (Å²) in [6, 6.07) is 7.41. The van der Waals surface area contributed by atoms with Crippen LogP contribution in [-0.4, -0.2) is 16.6 Å². The number of aliphatic imine (C=N–C) groups is 1. The predicted octanol–water partition coefficient (Wildman–Crippen LogP) is 1.61. The third-order valence-electron chi connectivity index (χ3n) is 2.35. The van der Waals surface area contributed by atoms with Gasteiger partial charge in [0.2, 0.25) is 0 Å². The molecule has 4 nitrogen and oxygen atoms in total. The van der Waals surface area contributed by atoms with E-state index in [4.69, 9.17) is 5.26 Å². The summed E-state index contributed by atoms with van der Waals surface area (Å²) < 4.78 is 0. The smallest absolute Gasteiger partial charge is 0.267 e. The molecule has 0 N–H and O–H groups in total. The number of amides is 1. The molecule has 0 saturated heterocycles. The number of dihydropyridines is 1. The summed E-state index contributed by atoms with van der Waals surface area (Å²) in [6.07, 6.45) is 3.29. The zero-order chi connectivity index (χ0) is 11.5. The summed E-state index contributed by atoms with van der Waals surface area (Å²) in [7, 11) is 0. The highest BCUT2D eigenvalue weighted by molar-refractivity contribution is 6.27. The van der Waals surface area contributed by atoms with Crippen LogP contribution in [0.15, 0.2) is 35.5 Å². The van der Waals surface area contributed by atoms with Crippen LogP contribution in [0.2, 0.25) is 0 Å². The molecule has 2 heterocycles. The number of hydrogen-bond acceptors (Lipinski definition) is 3. The van der Waals surface area contributed by atoms with Crippen LogP contribution >= 0.6 is 0 Å². The molecule has 0 bridgehead atoms. The first-order valence-electron chi connectivity index (χ1n) is 4.84. The third kappa shape index (κ3) is 1.75. The summed E-state index contributed by atoms with van der Waals surface area (Å²) in [5, 5.41) is 8.81. The first kappa shape index (κ1) is 10.2. The lowest BCUT2D eigenvalue weighted by atomic mass is 9.97. The first-order chi connectivity index (χ1) is 7.72. The molecule has 1 aromatic heterocycles. The van der Waals surface area contributed by atoms with Crippen molar-refractivity contribution in [2.24, 2.45) is 10.9 Å². The predicted molar refractivity (Wildman–Crippen MR) is 59.4 cm³/mol. The zero-order valence-electron chi connectivity index (χ0n) is 8.71. The topological polar surface area (TPSA) is 66.1 Å². The van der Waals surface area contributed by atoms with Gasteiger partial charge in [-0.05, 0) is 25.1 Å². The maximum Gasteiger partial charge on any atom is 0.267 e. The summed E-state index contributed by atoms with van der Waals surface area (Å²) in [4.78, 5) is 19.4. The van der Waals surface area contributed by atoms with E-state index in [9.17, 15) is 4.79 Å². The number of allylic oxidation sites excluding steroid dienone is 1. The molecule has 2 rings (SSSR count). The van der Waals surface area contributed by atoms with Gasteiger partial charge in [-0.15, -0.1) is 0 Å². The number of hydrogen-bond donors (Lipinski definition) is 0. The number of aromatic nitrogens is 1. The van der Waals surface area contributed by atoms with Gasteiger partial charge in [0.15, 0.2) is 0 Å². The average Bonchev–Trinajstić information content (AvgIpc) is 2.30. The number of carbonyl (C=O) groups excluding carboxylic acids is 1. The number of carbonyl (C=O) groups is 1. The standard InChI is InChI=1S/C12H9N3O/c1-8-10(11-4-2-3-5-14-11)6-9(7-13)12(16)15-8/h2-6,9H,1H3. The second-order valence-electron chi connectivity index (χ2n) is 3.44. The van der Waals surface area contributed by atoms with Gasteiger partial charge in [0.25, 0.3) is 5.91 Å². The van der Waals surface area contributed by atoms with E-state index < -0.39 is 11.8 Å². The molecule has 0 spiro atoms. The Balaban J connectivity index is 2.46. The minimum absolute atomic E-state index is 0.403. The van der Waals surface area contributed by atoms with E-state index in [0.717, 1.165) is 11.3 Å². The van der Waals surface area contributed by atoms with E-state index in [0.29, 0.717) is 5.71 Å². The maximum atomic E-state index is 11.3. The van der Waals surface area contributed by atoms with Crippen molar-refractivity contribution >= 4 is 17.2 Å². The van der Waals surface area contributed by atoms with Crippen molar-refractivity contribution in [3.8, 4) is 6.07 Å². The molecule has 0 fully saturated rings. The number of rotatable bonds is 1. The van der Waals surface area contributed by atoms with Crippen LogP contribution in [0.4, 0.5) is 0 Å². The molecule has 4 heteroatoms. The molecule has 0 aromatic carbocycles. The van der Waals surface area contributed by atoms with Gasteiger partial charge < -0.3 is 0 Å². The molecule has 16 heavy (non-hydrogen) atoms. The highest BCUT2D eigenvalue weighted by Crippen LogP contribution is 2.21. The molecule has 1 atom stereocenters. The monoisotopic (exact) mass is 211 g/mol. The van der Waals surface area contributed by atoms with Crippen molar-refractivity contribution in [3.63, 3.8) is 0 Å². The van der Waals surface area contributed by atoms with Gasteiger partial charge in [-0.1, -0.05) is 6.07 Å². The Morgan fingerprint density at radius 1 is 1.44 bits per heavy atom. The van der Waals surface area contributed by atoms with Crippen molar-refractivity contribution in [2.75, 3.05) is 0 Å². The zero-order valence-corrected chi connectivity index (χ0v) is 8.71. The van der Waals surface area contributed by atoms with Gasteiger partial charge in [-0.25, -0.2) is 4.99 Å². The molecular formula is C12H9N3O. The van der Waals surface area contributed by atoms with E-state index in [1.54, 1.807) is 19.2 Å². The van der Waals surface area contributed by atoms with Crippen molar-refractivity contribution < 1.29 is 4.79 Å². The Labute approximate surface area is 93.0 Å². The lowest BCUT2D eigenvalue weighted by Crippen LogP contribution is -2.17. The molecule has 1 aliphatic heterocycles. The Morgan fingerprint density at radius 2 is 2.25 bits per heavy atom. The highest BCUT2D eigenvalue weighted by atomic mass is 16.1. The fraction of sp³-hybridized carbons (Fsp3) is 0.167. The molecule has 1 amide bonds. The molecule has 0 saturated carbocycles. The lowest BCUT2D eigenvalue weighted by molar-refractivity contribution is -0.118. The second kappa shape index (κ2) is 4.07. The molecule has 1 unspecified atom stereocenters. The number of pyridine rings is 1. The SMILES string of the molecule is CC1=NC(=O)C(C#N)C=C1c1ccccn1. The van der Waals surface area contributed by atoms with E-state index >= 15 is 0 Å². The van der Waals surface area contributed by atoms with Gasteiger partial charge in [-0.2, -0.15) is 5.26 Å². The Bertz CT molecular complexity index is 523. The molecule has 0 radical (unpaired) electrons. The van der Waals surface area contributed by atoms with Crippen LogP contribution in [0.25, 0.3) is 5.57 Å². The largest absolute Gasteiger partial charge is 0.271 e. The quantitative estimate of drug-likeness (QED) is 0.708. The molecule has 1 aromatic rings. The summed E-state index contributed by atoms with van der Waals surface area (Å²) in [5.41, 5.74) is 2.10. The number of nitriles is 1. The van der Waals surface area contributed by atoms with Gasteiger partial charge in [0.1, 0.15) is 5.92 Å². The maximum absolute atomic E-state index is 11.3. The van der Waals surface area contributed by atoms with Crippen LogP contribution in [0.3, 0.4) is 0 Å². The summed E-state index contributed by atoms with van der Waals surface area (Å²) in [6.45, 7) is 1.74. The van der Waals surface area contributed by atoms with Crippen molar-refractivity contribution in [3.05, 3.63) is 36.2 Å². The summed E-state index contributed by atoms with van der Waals surface area (Å²) >= 11 is 0. The molecule has 78 valence electrons. The summed E-state index contributed by atoms with van der Waals surface area (Å²) in [5.74, 6) is -1.19. The van der Waals surface area contributed by atoms with Gasteiger partial charge in [0, 0.05) is 11.8 Å². The minimum atomic E-state index is -0.791. The second-order valence-corrected chi connectivity index (χ2v) is 3.44. The van der Waals surface area contributed by atoms with E-state index in [2.05, 4.69) is 9.98 Å². The molecule has 0 aliphatic carbocycles. The fourth-order valence-corrected chi connectivity index (χ4v) is 1.54. The van der Waals surface area contributed by atoms with Crippen molar-refractivity contribution in [1.82, 2.24) is 4.98 Å². The van der Waals surface area contributed by atoms with Crippen LogP contribution in [0.5, 0.6) is 0 Å². The third-order valence-corrected chi connectivity index (χ3v) is 2.35. The Kier molecular flexibility index (Phi) is 2.61. The van der Waals surface area contributed by atoms with Crippen LogP contribution in [0, 0.1) is 17.2 Å². The first-order valence-corrected chi connectivity index (χ1v) is 4.84. The van der Waals surface area contributed by atoms with Crippen LogP contribution in [-0.2, 0) is 4.79 Å². The molecular weight excluding hydrogens is 202 g/mol. The van der Waals surface area contributed by atoms with Gasteiger partial charge in [-0.3, -0.25) is 9.78 Å². The number of nitrogens with zero attached hydrogens (tertiary/aromatic N) is 3. The van der Waals surface area contributed by atoms with Crippen molar-refractivity contribution in [2.45, 2.75) is 6.92 Å². The Hall–Kier alpha value is -2.28. The van der Waals surface area contributed by atoms with Crippen LogP contribution in [0.1, 0.15) is 12.6 Å². The molecule has 1 aliphatic rings. The van der Waals surface area contributed by atoms with E-state index in [-0.39, 0.29) is 0 Å². The van der Waals surface area contributed by atoms with Gasteiger partial charge >= 0.3 is 0 Å². The normalized spacial score (nSPS) is 19.8. The van der Waals surface area contributed by atoms with Gasteiger partial charge in [0.05, 0.1) is 17.5 Å². The highest BCUT2D eigenvalue weighted by Gasteiger charge is 2.23. The minimum Gasteiger partial charge on any atom is -0.271 e. The van der Waals surface area contributed by atoms with E-state index in [1.807, 2.05) is 24.3 Å². The fourth-order valence-electron chi connectivity index (χ4n) is 1.54. The Morgan fingerprint density at radius 3 is 2.88 bits per heavy atom. The van der Waals surface area contributed by atoms with Crippen LogP contribution < -0.4 is 0 Å². The average molecular weight is 211 g/mol.